The van der Waals surface area contributed by atoms with E-state index in [1.807, 2.05) is 37.3 Å². The number of carbonyl (C=O) groups excluding carboxylic acids is 2. The lowest BCUT2D eigenvalue weighted by Crippen LogP contribution is -2.53. The Bertz CT molecular complexity index is 1350. The van der Waals surface area contributed by atoms with Crippen LogP contribution in [0.15, 0.2) is 78.9 Å². The molecule has 0 aromatic heterocycles. The number of halogens is 1. The van der Waals surface area contributed by atoms with Gasteiger partial charge in [-0.2, -0.15) is 0 Å². The molecule has 1 atom stereocenters. The lowest BCUT2D eigenvalue weighted by molar-refractivity contribution is -0.140. The largest absolute Gasteiger partial charge is 0.494 e. The molecule has 10 heteroatoms. The fourth-order valence-electron chi connectivity index (χ4n) is 4.15. The van der Waals surface area contributed by atoms with Crippen molar-refractivity contribution in [3.8, 4) is 5.75 Å². The molecular weight excluding hydrogens is 521 g/mol. The number of likely N-dealkylation sites (N-methyl/N-ethyl adjacent to an activating group) is 1. The van der Waals surface area contributed by atoms with Gasteiger partial charge in [-0.15, -0.1) is 0 Å². The molecule has 2 amide bonds. The van der Waals surface area contributed by atoms with Crippen LogP contribution in [0.5, 0.6) is 5.75 Å². The average Bonchev–Trinajstić information content (AvgIpc) is 2.91. The van der Waals surface area contributed by atoms with Gasteiger partial charge in [0.1, 0.15) is 24.2 Å². The van der Waals surface area contributed by atoms with Crippen LogP contribution in [0.4, 0.5) is 10.1 Å². The van der Waals surface area contributed by atoms with E-state index in [1.54, 1.807) is 37.3 Å². The van der Waals surface area contributed by atoms with Crippen molar-refractivity contribution in [1.82, 2.24) is 10.2 Å². The first-order valence-corrected chi connectivity index (χ1v) is 14.5. The minimum atomic E-state index is -3.90. The Labute approximate surface area is 229 Å². The standard InChI is InChI=1S/C29H34FN3O5S/c1-4-31-29(35)27(19-22-11-7-6-8-12-22)32(20-23-13-9-10-14-26(23)30)28(34)21-33(39(3,36)37)24-15-17-25(18-16-24)38-5-2/h6-18,27H,4-5,19-21H2,1-3H3,(H,31,35). The van der Waals surface area contributed by atoms with Crippen molar-refractivity contribution in [2.24, 2.45) is 0 Å². The maximum absolute atomic E-state index is 14.7. The third-order valence-corrected chi connectivity index (χ3v) is 7.18. The van der Waals surface area contributed by atoms with Crippen LogP contribution in [0.2, 0.25) is 0 Å². The maximum atomic E-state index is 14.7. The van der Waals surface area contributed by atoms with Gasteiger partial charge in [-0.25, -0.2) is 12.8 Å². The lowest BCUT2D eigenvalue weighted by atomic mass is 10.0. The van der Waals surface area contributed by atoms with Crippen molar-refractivity contribution in [3.63, 3.8) is 0 Å². The van der Waals surface area contributed by atoms with Gasteiger partial charge in [0.05, 0.1) is 18.6 Å². The second-order valence-electron chi connectivity index (χ2n) is 8.91. The molecule has 0 heterocycles. The number of anilines is 1. The maximum Gasteiger partial charge on any atom is 0.244 e. The molecule has 0 saturated carbocycles. The Morgan fingerprint density at radius 1 is 0.949 bits per heavy atom. The summed E-state index contributed by atoms with van der Waals surface area (Å²) in [6, 6.07) is 20.5. The van der Waals surface area contributed by atoms with Crippen LogP contribution in [-0.2, 0) is 32.6 Å². The number of hydrogen-bond donors (Lipinski definition) is 1. The van der Waals surface area contributed by atoms with Crippen molar-refractivity contribution >= 4 is 27.5 Å². The van der Waals surface area contributed by atoms with Crippen molar-refractivity contribution in [1.29, 1.82) is 0 Å². The van der Waals surface area contributed by atoms with E-state index in [-0.39, 0.29) is 24.2 Å². The number of nitrogens with zero attached hydrogens (tertiary/aromatic N) is 2. The van der Waals surface area contributed by atoms with Crippen LogP contribution in [-0.4, -0.2) is 57.1 Å². The number of ether oxygens (including phenoxy) is 1. The predicted molar refractivity (Wildman–Crippen MR) is 149 cm³/mol. The quantitative estimate of drug-likeness (QED) is 0.347. The number of amides is 2. The number of nitrogens with one attached hydrogen (secondary N) is 1. The second-order valence-corrected chi connectivity index (χ2v) is 10.8. The zero-order valence-corrected chi connectivity index (χ0v) is 23.2. The minimum Gasteiger partial charge on any atom is -0.494 e. The summed E-state index contributed by atoms with van der Waals surface area (Å²) in [6.07, 6.45) is 1.16. The van der Waals surface area contributed by atoms with Crippen molar-refractivity contribution < 1.29 is 27.1 Å². The van der Waals surface area contributed by atoms with E-state index in [1.165, 1.54) is 23.1 Å². The van der Waals surface area contributed by atoms with E-state index in [9.17, 15) is 22.4 Å². The summed E-state index contributed by atoms with van der Waals surface area (Å²) in [7, 11) is -3.90. The lowest BCUT2D eigenvalue weighted by Gasteiger charge is -2.33. The smallest absolute Gasteiger partial charge is 0.244 e. The SMILES string of the molecule is CCNC(=O)C(Cc1ccccc1)N(Cc1ccccc1F)C(=O)CN(c1ccc(OCC)cc1)S(C)(=O)=O. The molecule has 0 bridgehead atoms. The minimum absolute atomic E-state index is 0.162. The predicted octanol–water partition coefficient (Wildman–Crippen LogP) is 3.77. The Balaban J connectivity index is 2.02. The van der Waals surface area contributed by atoms with E-state index in [4.69, 9.17) is 4.74 Å². The molecule has 0 radical (unpaired) electrons. The molecule has 208 valence electrons. The number of hydrogen-bond acceptors (Lipinski definition) is 5. The molecular formula is C29H34FN3O5S. The third kappa shape index (κ3) is 8.28. The summed E-state index contributed by atoms with van der Waals surface area (Å²) in [5.41, 5.74) is 1.27. The molecule has 0 aliphatic heterocycles. The van der Waals surface area contributed by atoms with Crippen LogP contribution >= 0.6 is 0 Å². The molecule has 3 aromatic rings. The molecule has 0 spiro atoms. The molecule has 0 aliphatic rings. The second kappa shape index (κ2) is 13.7. The van der Waals surface area contributed by atoms with Crippen molar-refractivity contribution in [3.05, 3.63) is 95.8 Å². The Hall–Kier alpha value is -3.92. The molecule has 0 aliphatic carbocycles. The Morgan fingerprint density at radius 3 is 2.18 bits per heavy atom. The van der Waals surface area contributed by atoms with Gasteiger partial charge in [-0.1, -0.05) is 48.5 Å². The van der Waals surface area contributed by atoms with Crippen LogP contribution in [0, 0.1) is 5.82 Å². The summed E-state index contributed by atoms with van der Waals surface area (Å²) in [5.74, 6) is -1.04. The fraction of sp³-hybridized carbons (Fsp3) is 0.310. The molecule has 0 saturated heterocycles. The van der Waals surface area contributed by atoms with E-state index >= 15 is 0 Å². The molecule has 1 N–H and O–H groups in total. The van der Waals surface area contributed by atoms with Crippen LogP contribution in [0.3, 0.4) is 0 Å². The summed E-state index contributed by atoms with van der Waals surface area (Å²) < 4.78 is 46.7. The summed E-state index contributed by atoms with van der Waals surface area (Å²) >= 11 is 0. The first kappa shape index (κ1) is 29.6. The highest BCUT2D eigenvalue weighted by molar-refractivity contribution is 7.92. The highest BCUT2D eigenvalue weighted by Gasteiger charge is 2.33. The average molecular weight is 556 g/mol. The monoisotopic (exact) mass is 555 g/mol. The zero-order valence-electron chi connectivity index (χ0n) is 22.3. The Morgan fingerprint density at radius 2 is 1.59 bits per heavy atom. The van der Waals surface area contributed by atoms with Crippen molar-refractivity contribution in [2.45, 2.75) is 32.9 Å². The van der Waals surface area contributed by atoms with Gasteiger partial charge in [0.15, 0.2) is 0 Å². The summed E-state index contributed by atoms with van der Waals surface area (Å²) in [4.78, 5) is 28.4. The van der Waals surface area contributed by atoms with Gasteiger partial charge in [0, 0.05) is 25.1 Å². The van der Waals surface area contributed by atoms with Crippen LogP contribution in [0.1, 0.15) is 25.0 Å². The van der Waals surface area contributed by atoms with Gasteiger partial charge in [0.25, 0.3) is 0 Å². The molecule has 1 unspecified atom stereocenters. The normalized spacial score (nSPS) is 11.9. The van der Waals surface area contributed by atoms with Gasteiger partial charge in [-0.05, 0) is 49.7 Å². The fourth-order valence-corrected chi connectivity index (χ4v) is 4.99. The number of benzene rings is 3. The van der Waals surface area contributed by atoms with Gasteiger partial charge in [-0.3, -0.25) is 13.9 Å². The van der Waals surface area contributed by atoms with E-state index in [0.29, 0.717) is 18.9 Å². The highest BCUT2D eigenvalue weighted by Crippen LogP contribution is 2.23. The Kier molecular flexibility index (Phi) is 10.4. The third-order valence-electron chi connectivity index (χ3n) is 6.04. The topological polar surface area (TPSA) is 96.0 Å². The van der Waals surface area contributed by atoms with Crippen LogP contribution in [0.25, 0.3) is 0 Å². The number of carbonyl (C=O) groups is 2. The summed E-state index contributed by atoms with van der Waals surface area (Å²) in [6.45, 7) is 3.57. The molecule has 0 fully saturated rings. The zero-order chi connectivity index (χ0) is 28.4. The van der Waals surface area contributed by atoms with E-state index < -0.39 is 40.2 Å². The highest BCUT2D eigenvalue weighted by atomic mass is 32.2. The number of sulfonamides is 1. The van der Waals surface area contributed by atoms with Crippen molar-refractivity contribution in [2.75, 3.05) is 30.3 Å². The molecule has 39 heavy (non-hydrogen) atoms. The van der Waals surface area contributed by atoms with E-state index in [2.05, 4.69) is 5.32 Å². The molecule has 3 aromatic carbocycles. The van der Waals surface area contributed by atoms with E-state index in [0.717, 1.165) is 16.1 Å². The summed E-state index contributed by atoms with van der Waals surface area (Å²) in [5, 5.41) is 2.76. The van der Waals surface area contributed by atoms with Gasteiger partial charge >= 0.3 is 0 Å². The van der Waals surface area contributed by atoms with Gasteiger partial charge in [0.2, 0.25) is 21.8 Å². The first-order chi connectivity index (χ1) is 18.6. The molecule has 3 rings (SSSR count). The van der Waals surface area contributed by atoms with Crippen LogP contribution < -0.4 is 14.4 Å². The number of rotatable bonds is 13. The first-order valence-electron chi connectivity index (χ1n) is 12.7. The molecule has 8 nitrogen and oxygen atoms in total. The van der Waals surface area contributed by atoms with Gasteiger partial charge < -0.3 is 15.0 Å².